The third kappa shape index (κ3) is 1.73. The quantitative estimate of drug-likeness (QED) is 0.882. The van der Waals surface area contributed by atoms with Crippen molar-refractivity contribution < 1.29 is 4.39 Å². The molecule has 1 aliphatic carbocycles. The van der Waals surface area contributed by atoms with Gasteiger partial charge in [-0.2, -0.15) is 5.10 Å². The second-order valence-electron chi connectivity index (χ2n) is 4.73. The number of para-hydroxylation sites is 1. The van der Waals surface area contributed by atoms with Crippen LogP contribution in [0.4, 0.5) is 4.39 Å². The molecule has 1 unspecified atom stereocenters. The fraction of sp³-hybridized carbons (Fsp3) is 0.357. The predicted octanol–water partition coefficient (Wildman–Crippen LogP) is 2.39. The summed E-state index contributed by atoms with van der Waals surface area (Å²) in [6.07, 6.45) is 4.99. The topological polar surface area (TPSA) is 43.8 Å². The Morgan fingerprint density at radius 2 is 2.22 bits per heavy atom. The molecular formula is C14H16FN3. The first-order chi connectivity index (χ1) is 8.81. The first-order valence-corrected chi connectivity index (χ1v) is 6.33. The Morgan fingerprint density at radius 3 is 3.00 bits per heavy atom. The summed E-state index contributed by atoms with van der Waals surface area (Å²) in [5, 5.41) is 4.35. The van der Waals surface area contributed by atoms with Crippen LogP contribution in [0.3, 0.4) is 0 Å². The number of nitrogens with zero attached hydrogens (tertiary/aromatic N) is 2. The lowest BCUT2D eigenvalue weighted by atomic mass is 9.87. The van der Waals surface area contributed by atoms with E-state index in [0.717, 1.165) is 25.0 Å². The Morgan fingerprint density at radius 1 is 1.39 bits per heavy atom. The van der Waals surface area contributed by atoms with Crippen LogP contribution in [0, 0.1) is 5.82 Å². The van der Waals surface area contributed by atoms with Crippen molar-refractivity contribution in [2.45, 2.75) is 25.2 Å². The molecular weight excluding hydrogens is 229 g/mol. The molecule has 1 aromatic heterocycles. The van der Waals surface area contributed by atoms with Gasteiger partial charge in [-0.15, -0.1) is 0 Å². The summed E-state index contributed by atoms with van der Waals surface area (Å²) in [6, 6.07) is 6.74. The molecule has 1 atom stereocenters. The van der Waals surface area contributed by atoms with E-state index < -0.39 is 0 Å². The standard InChI is InChI=1S/C14H16FN3/c15-12-5-1-2-6-14(12)18-13-7-3-4-10(8-16)11(13)9-17-18/h1-2,5-6,9-10H,3-4,7-8,16H2. The highest BCUT2D eigenvalue weighted by Crippen LogP contribution is 2.32. The highest BCUT2D eigenvalue weighted by Gasteiger charge is 2.24. The predicted molar refractivity (Wildman–Crippen MR) is 68.3 cm³/mol. The van der Waals surface area contributed by atoms with E-state index in [1.807, 2.05) is 12.3 Å². The summed E-state index contributed by atoms with van der Waals surface area (Å²) in [5.74, 6) is 0.132. The van der Waals surface area contributed by atoms with E-state index in [1.54, 1.807) is 16.8 Å². The van der Waals surface area contributed by atoms with Crippen molar-refractivity contribution in [3.63, 3.8) is 0 Å². The number of nitrogens with two attached hydrogens (primary N) is 1. The molecule has 1 aliphatic rings. The molecule has 0 amide bonds. The Kier molecular flexibility index (Phi) is 2.88. The maximum absolute atomic E-state index is 13.8. The van der Waals surface area contributed by atoms with Gasteiger partial charge in [-0.3, -0.25) is 0 Å². The van der Waals surface area contributed by atoms with Crippen molar-refractivity contribution in [2.75, 3.05) is 6.54 Å². The molecule has 3 nitrogen and oxygen atoms in total. The zero-order chi connectivity index (χ0) is 12.5. The molecule has 2 N–H and O–H groups in total. The van der Waals surface area contributed by atoms with Gasteiger partial charge in [-0.1, -0.05) is 12.1 Å². The number of benzene rings is 1. The molecule has 0 fully saturated rings. The van der Waals surface area contributed by atoms with Crippen molar-refractivity contribution in [3.05, 3.63) is 47.5 Å². The average Bonchev–Trinajstić information content (AvgIpc) is 2.83. The van der Waals surface area contributed by atoms with Gasteiger partial charge in [-0.05, 0) is 49.4 Å². The maximum Gasteiger partial charge on any atom is 0.148 e. The largest absolute Gasteiger partial charge is 0.330 e. The van der Waals surface area contributed by atoms with Gasteiger partial charge in [0, 0.05) is 5.69 Å². The smallest absolute Gasteiger partial charge is 0.148 e. The monoisotopic (exact) mass is 245 g/mol. The second-order valence-corrected chi connectivity index (χ2v) is 4.73. The lowest BCUT2D eigenvalue weighted by molar-refractivity contribution is 0.544. The summed E-state index contributed by atoms with van der Waals surface area (Å²) < 4.78 is 15.5. The highest BCUT2D eigenvalue weighted by molar-refractivity contribution is 5.38. The lowest BCUT2D eigenvalue weighted by Gasteiger charge is -2.21. The third-order valence-electron chi connectivity index (χ3n) is 3.67. The molecule has 1 aromatic carbocycles. The SMILES string of the molecule is NCC1CCCc2c1cnn2-c1ccccc1F. The van der Waals surface area contributed by atoms with Crippen LogP contribution in [0.15, 0.2) is 30.5 Å². The fourth-order valence-corrected chi connectivity index (χ4v) is 2.73. The van der Waals surface area contributed by atoms with Crippen molar-refractivity contribution >= 4 is 0 Å². The molecule has 0 aliphatic heterocycles. The van der Waals surface area contributed by atoms with E-state index >= 15 is 0 Å². The van der Waals surface area contributed by atoms with Crippen molar-refractivity contribution in [2.24, 2.45) is 5.73 Å². The van der Waals surface area contributed by atoms with Crippen LogP contribution in [0.25, 0.3) is 5.69 Å². The minimum atomic E-state index is -0.238. The van der Waals surface area contributed by atoms with Gasteiger partial charge in [0.05, 0.1) is 6.20 Å². The van der Waals surface area contributed by atoms with E-state index in [-0.39, 0.29) is 5.82 Å². The fourth-order valence-electron chi connectivity index (χ4n) is 2.73. The second kappa shape index (κ2) is 4.53. The van der Waals surface area contributed by atoms with E-state index in [1.165, 1.54) is 11.6 Å². The van der Waals surface area contributed by atoms with Crippen LogP contribution in [0.1, 0.15) is 30.0 Å². The molecule has 0 saturated heterocycles. The first-order valence-electron chi connectivity index (χ1n) is 6.33. The normalized spacial score (nSPS) is 18.7. The molecule has 3 rings (SSSR count). The van der Waals surface area contributed by atoms with Crippen molar-refractivity contribution in [1.29, 1.82) is 0 Å². The van der Waals surface area contributed by atoms with Crippen molar-refractivity contribution in [3.8, 4) is 5.69 Å². The summed E-state index contributed by atoms with van der Waals surface area (Å²) in [6.45, 7) is 0.635. The molecule has 18 heavy (non-hydrogen) atoms. The zero-order valence-electron chi connectivity index (χ0n) is 10.1. The number of fused-ring (bicyclic) bond motifs is 1. The van der Waals surface area contributed by atoms with Crippen LogP contribution in [0.5, 0.6) is 0 Å². The van der Waals surface area contributed by atoms with Gasteiger partial charge in [0.25, 0.3) is 0 Å². The Hall–Kier alpha value is -1.68. The highest BCUT2D eigenvalue weighted by atomic mass is 19.1. The van der Waals surface area contributed by atoms with E-state index in [4.69, 9.17) is 5.73 Å². The summed E-state index contributed by atoms with van der Waals surface area (Å²) in [4.78, 5) is 0. The van der Waals surface area contributed by atoms with E-state index in [2.05, 4.69) is 5.10 Å². The number of hydrogen-bond donors (Lipinski definition) is 1. The van der Waals surface area contributed by atoms with Gasteiger partial charge >= 0.3 is 0 Å². The van der Waals surface area contributed by atoms with Crippen LogP contribution >= 0.6 is 0 Å². The number of halogens is 1. The molecule has 0 saturated carbocycles. The summed E-state index contributed by atoms with van der Waals surface area (Å²) in [5.41, 5.74) is 8.61. The van der Waals surface area contributed by atoms with Gasteiger partial charge in [0.2, 0.25) is 0 Å². The number of hydrogen-bond acceptors (Lipinski definition) is 2. The molecule has 4 heteroatoms. The first kappa shape index (κ1) is 11.4. The van der Waals surface area contributed by atoms with Crippen LogP contribution in [-0.4, -0.2) is 16.3 Å². The van der Waals surface area contributed by atoms with Crippen LogP contribution in [0.2, 0.25) is 0 Å². The minimum Gasteiger partial charge on any atom is -0.330 e. The molecule has 1 heterocycles. The maximum atomic E-state index is 13.8. The lowest BCUT2D eigenvalue weighted by Crippen LogP contribution is -2.18. The van der Waals surface area contributed by atoms with Crippen molar-refractivity contribution in [1.82, 2.24) is 9.78 Å². The van der Waals surface area contributed by atoms with E-state index in [0.29, 0.717) is 18.2 Å². The molecule has 2 aromatic rings. The summed E-state index contributed by atoms with van der Waals surface area (Å²) in [7, 11) is 0. The van der Waals surface area contributed by atoms with Gasteiger partial charge in [0.1, 0.15) is 11.5 Å². The third-order valence-corrected chi connectivity index (χ3v) is 3.67. The Labute approximate surface area is 105 Å². The molecule has 94 valence electrons. The van der Waals surface area contributed by atoms with E-state index in [9.17, 15) is 4.39 Å². The summed E-state index contributed by atoms with van der Waals surface area (Å²) >= 11 is 0. The van der Waals surface area contributed by atoms with Crippen LogP contribution in [-0.2, 0) is 6.42 Å². The zero-order valence-corrected chi connectivity index (χ0v) is 10.1. The number of aromatic nitrogens is 2. The Bertz CT molecular complexity index is 562. The van der Waals surface area contributed by atoms with Crippen LogP contribution < -0.4 is 5.73 Å². The Balaban J connectivity index is 2.10. The molecule has 0 radical (unpaired) electrons. The van der Waals surface area contributed by atoms with Gasteiger partial charge in [0.15, 0.2) is 0 Å². The minimum absolute atomic E-state index is 0.238. The molecule has 0 bridgehead atoms. The van der Waals surface area contributed by atoms with Gasteiger partial charge < -0.3 is 5.73 Å². The average molecular weight is 245 g/mol. The van der Waals surface area contributed by atoms with Gasteiger partial charge in [-0.25, -0.2) is 9.07 Å². The molecule has 0 spiro atoms. The number of rotatable bonds is 2.